The molecule has 1 N–H and O–H groups in total. The van der Waals surface area contributed by atoms with E-state index >= 15 is 0 Å². The van der Waals surface area contributed by atoms with Crippen molar-refractivity contribution in [2.24, 2.45) is 0 Å². The molecule has 1 unspecified atom stereocenters. The van der Waals surface area contributed by atoms with Gasteiger partial charge in [-0.2, -0.15) is 0 Å². The lowest BCUT2D eigenvalue weighted by molar-refractivity contribution is -0.140. The fourth-order valence-electron chi connectivity index (χ4n) is 2.11. The van der Waals surface area contributed by atoms with Gasteiger partial charge in [0.1, 0.15) is 6.04 Å². The molecule has 0 aliphatic rings. The standard InChI is InChI=1S/C17H25ClN2O2/c1-4-6-11-19-17(22)13(3)20(16(21)5-2)12-14-7-9-15(18)10-8-14/h7-10,13H,4-6,11-12H2,1-3H3,(H,19,22). The first kappa shape index (κ1) is 18.5. The summed E-state index contributed by atoms with van der Waals surface area (Å²) in [5, 5.41) is 3.54. The SMILES string of the molecule is CCCCNC(=O)C(C)N(Cc1ccc(Cl)cc1)C(=O)CC. The molecule has 22 heavy (non-hydrogen) atoms. The van der Waals surface area contributed by atoms with Gasteiger partial charge in [0.25, 0.3) is 0 Å². The van der Waals surface area contributed by atoms with Crippen molar-refractivity contribution in [3.05, 3.63) is 34.9 Å². The van der Waals surface area contributed by atoms with E-state index in [1.54, 1.807) is 30.9 Å². The summed E-state index contributed by atoms with van der Waals surface area (Å²) in [6, 6.07) is 6.84. The van der Waals surface area contributed by atoms with E-state index in [0.29, 0.717) is 24.5 Å². The summed E-state index contributed by atoms with van der Waals surface area (Å²) >= 11 is 5.88. The van der Waals surface area contributed by atoms with Crippen LogP contribution in [0.15, 0.2) is 24.3 Å². The molecule has 0 fully saturated rings. The van der Waals surface area contributed by atoms with Gasteiger partial charge in [0.05, 0.1) is 0 Å². The van der Waals surface area contributed by atoms with Crippen LogP contribution in [0.5, 0.6) is 0 Å². The van der Waals surface area contributed by atoms with Crippen LogP contribution in [0.1, 0.15) is 45.6 Å². The zero-order valence-corrected chi connectivity index (χ0v) is 14.3. The third-order valence-corrected chi connectivity index (χ3v) is 3.82. The smallest absolute Gasteiger partial charge is 0.242 e. The van der Waals surface area contributed by atoms with Gasteiger partial charge < -0.3 is 10.2 Å². The van der Waals surface area contributed by atoms with E-state index in [4.69, 9.17) is 11.6 Å². The van der Waals surface area contributed by atoms with Crippen LogP contribution in [0.25, 0.3) is 0 Å². The molecule has 1 atom stereocenters. The molecule has 122 valence electrons. The van der Waals surface area contributed by atoms with Gasteiger partial charge in [-0.3, -0.25) is 9.59 Å². The Morgan fingerprint density at radius 1 is 1.23 bits per heavy atom. The van der Waals surface area contributed by atoms with Crippen LogP contribution in [0.3, 0.4) is 0 Å². The average molecular weight is 325 g/mol. The van der Waals surface area contributed by atoms with Crippen LogP contribution >= 0.6 is 11.6 Å². The monoisotopic (exact) mass is 324 g/mol. The van der Waals surface area contributed by atoms with Crippen molar-refractivity contribution in [3.8, 4) is 0 Å². The maximum absolute atomic E-state index is 12.2. The minimum atomic E-state index is -0.486. The highest BCUT2D eigenvalue weighted by molar-refractivity contribution is 6.30. The van der Waals surface area contributed by atoms with Crippen molar-refractivity contribution < 1.29 is 9.59 Å². The number of amides is 2. The van der Waals surface area contributed by atoms with E-state index < -0.39 is 6.04 Å². The maximum atomic E-state index is 12.2. The molecular formula is C17H25ClN2O2. The van der Waals surface area contributed by atoms with E-state index in [2.05, 4.69) is 12.2 Å². The highest BCUT2D eigenvalue weighted by Gasteiger charge is 2.24. The van der Waals surface area contributed by atoms with Crippen molar-refractivity contribution in [3.63, 3.8) is 0 Å². The minimum Gasteiger partial charge on any atom is -0.354 e. The summed E-state index contributed by atoms with van der Waals surface area (Å²) in [6.45, 7) is 6.70. The molecule has 1 aromatic carbocycles. The summed E-state index contributed by atoms with van der Waals surface area (Å²) in [7, 11) is 0. The number of hydrogen-bond acceptors (Lipinski definition) is 2. The molecular weight excluding hydrogens is 300 g/mol. The number of unbranched alkanes of at least 4 members (excludes halogenated alkanes) is 1. The Bertz CT molecular complexity index is 488. The zero-order chi connectivity index (χ0) is 16.5. The minimum absolute atomic E-state index is 0.0342. The maximum Gasteiger partial charge on any atom is 0.242 e. The lowest BCUT2D eigenvalue weighted by atomic mass is 10.1. The van der Waals surface area contributed by atoms with Gasteiger partial charge >= 0.3 is 0 Å². The highest BCUT2D eigenvalue weighted by Crippen LogP contribution is 2.14. The quantitative estimate of drug-likeness (QED) is 0.745. The summed E-state index contributed by atoms with van der Waals surface area (Å²) in [4.78, 5) is 26.0. The predicted octanol–water partition coefficient (Wildman–Crippen LogP) is 3.38. The summed E-state index contributed by atoms with van der Waals surface area (Å²) in [6.07, 6.45) is 2.34. The van der Waals surface area contributed by atoms with Gasteiger partial charge in [-0.15, -0.1) is 0 Å². The normalized spacial score (nSPS) is 11.8. The zero-order valence-electron chi connectivity index (χ0n) is 13.6. The largest absolute Gasteiger partial charge is 0.354 e. The Balaban J connectivity index is 2.76. The molecule has 0 radical (unpaired) electrons. The predicted molar refractivity (Wildman–Crippen MR) is 89.7 cm³/mol. The van der Waals surface area contributed by atoms with Gasteiger partial charge in [0, 0.05) is 24.5 Å². The van der Waals surface area contributed by atoms with Crippen LogP contribution in [-0.4, -0.2) is 29.3 Å². The van der Waals surface area contributed by atoms with Crippen molar-refractivity contribution in [1.82, 2.24) is 10.2 Å². The number of halogens is 1. The molecule has 0 aliphatic heterocycles. The molecule has 1 rings (SSSR count). The molecule has 5 heteroatoms. The van der Waals surface area contributed by atoms with Crippen LogP contribution in [0.4, 0.5) is 0 Å². The molecule has 2 amide bonds. The number of benzene rings is 1. The van der Waals surface area contributed by atoms with Gasteiger partial charge in [-0.05, 0) is 31.0 Å². The van der Waals surface area contributed by atoms with Gasteiger partial charge in [-0.25, -0.2) is 0 Å². The molecule has 0 aliphatic carbocycles. The summed E-state index contributed by atoms with van der Waals surface area (Å²) in [5.74, 6) is -0.141. The lowest BCUT2D eigenvalue weighted by Gasteiger charge is -2.28. The Hall–Kier alpha value is -1.55. The molecule has 0 saturated carbocycles. The third-order valence-electron chi connectivity index (χ3n) is 3.57. The first-order chi connectivity index (χ1) is 10.5. The number of carbonyl (C=O) groups is 2. The first-order valence-corrected chi connectivity index (χ1v) is 8.19. The van der Waals surface area contributed by atoms with Gasteiger partial charge in [0.15, 0.2) is 0 Å². The molecule has 1 aromatic rings. The van der Waals surface area contributed by atoms with Crippen molar-refractivity contribution >= 4 is 23.4 Å². The molecule has 0 heterocycles. The molecule has 4 nitrogen and oxygen atoms in total. The van der Waals surface area contributed by atoms with E-state index in [1.165, 1.54) is 0 Å². The van der Waals surface area contributed by atoms with Crippen LogP contribution in [-0.2, 0) is 16.1 Å². The second kappa shape index (κ2) is 9.46. The first-order valence-electron chi connectivity index (χ1n) is 7.81. The molecule has 0 saturated heterocycles. The van der Waals surface area contributed by atoms with Crippen molar-refractivity contribution in [2.45, 2.75) is 52.6 Å². The van der Waals surface area contributed by atoms with Crippen LogP contribution in [0.2, 0.25) is 5.02 Å². The van der Waals surface area contributed by atoms with E-state index in [0.717, 1.165) is 18.4 Å². The lowest BCUT2D eigenvalue weighted by Crippen LogP contribution is -2.47. The average Bonchev–Trinajstić information content (AvgIpc) is 2.53. The molecule has 0 spiro atoms. The Labute approximate surface area is 137 Å². The Morgan fingerprint density at radius 2 is 1.86 bits per heavy atom. The second-order valence-electron chi connectivity index (χ2n) is 5.32. The summed E-state index contributed by atoms with van der Waals surface area (Å²) < 4.78 is 0. The Morgan fingerprint density at radius 3 is 2.41 bits per heavy atom. The fraction of sp³-hybridized carbons (Fsp3) is 0.529. The van der Waals surface area contributed by atoms with Gasteiger partial charge in [0.2, 0.25) is 11.8 Å². The fourth-order valence-corrected chi connectivity index (χ4v) is 2.23. The number of carbonyl (C=O) groups excluding carboxylic acids is 2. The number of rotatable bonds is 8. The van der Waals surface area contributed by atoms with Crippen LogP contribution in [0, 0.1) is 0 Å². The van der Waals surface area contributed by atoms with Crippen molar-refractivity contribution in [1.29, 1.82) is 0 Å². The van der Waals surface area contributed by atoms with Gasteiger partial charge in [-0.1, -0.05) is 44.0 Å². The third kappa shape index (κ3) is 5.68. The topological polar surface area (TPSA) is 49.4 Å². The second-order valence-corrected chi connectivity index (χ2v) is 5.76. The number of hydrogen-bond donors (Lipinski definition) is 1. The van der Waals surface area contributed by atoms with E-state index in [-0.39, 0.29) is 11.8 Å². The van der Waals surface area contributed by atoms with Crippen molar-refractivity contribution in [2.75, 3.05) is 6.54 Å². The van der Waals surface area contributed by atoms with E-state index in [9.17, 15) is 9.59 Å². The summed E-state index contributed by atoms with van der Waals surface area (Å²) in [5.41, 5.74) is 0.958. The Kier molecular flexibility index (Phi) is 7.96. The number of nitrogens with one attached hydrogen (secondary N) is 1. The molecule has 0 bridgehead atoms. The molecule has 0 aromatic heterocycles. The van der Waals surface area contributed by atoms with E-state index in [1.807, 2.05) is 12.1 Å². The number of nitrogens with zero attached hydrogens (tertiary/aromatic N) is 1. The van der Waals surface area contributed by atoms with Crippen LogP contribution < -0.4 is 5.32 Å². The highest BCUT2D eigenvalue weighted by atomic mass is 35.5.